The van der Waals surface area contributed by atoms with Crippen molar-refractivity contribution < 1.29 is 9.53 Å². The van der Waals surface area contributed by atoms with E-state index in [1.165, 1.54) is 6.33 Å². The topological polar surface area (TPSA) is 81.3 Å². The minimum Gasteiger partial charge on any atom is -0.472 e. The maximum Gasteiger partial charge on any atom is 0.267 e. The molecule has 0 fully saturated rings. The van der Waals surface area contributed by atoms with Crippen LogP contribution in [0, 0.1) is 6.92 Å². The molecule has 2 heterocycles. The molecule has 3 rings (SSSR count). The molecule has 21 heavy (non-hydrogen) atoms. The van der Waals surface area contributed by atoms with E-state index in [2.05, 4.69) is 9.97 Å². The van der Waals surface area contributed by atoms with Crippen molar-refractivity contribution in [1.29, 1.82) is 0 Å². The van der Waals surface area contributed by atoms with E-state index in [-0.39, 0.29) is 29.3 Å². The summed E-state index contributed by atoms with van der Waals surface area (Å²) in [7, 11) is 0. The van der Waals surface area contributed by atoms with E-state index in [0.717, 1.165) is 11.3 Å². The van der Waals surface area contributed by atoms with Crippen molar-refractivity contribution in [1.82, 2.24) is 9.97 Å². The van der Waals surface area contributed by atoms with E-state index >= 15 is 0 Å². The fourth-order valence-corrected chi connectivity index (χ4v) is 2.32. The van der Waals surface area contributed by atoms with Crippen molar-refractivity contribution >= 4 is 17.4 Å². The molecule has 2 N–H and O–H groups in total. The molecule has 1 aliphatic rings. The van der Waals surface area contributed by atoms with E-state index in [0.29, 0.717) is 6.54 Å². The van der Waals surface area contributed by atoms with E-state index in [1.807, 2.05) is 38.1 Å². The quantitative estimate of drug-likeness (QED) is 0.863. The van der Waals surface area contributed by atoms with Gasteiger partial charge in [-0.2, -0.15) is 0 Å². The maximum absolute atomic E-state index is 12.8. The van der Waals surface area contributed by atoms with E-state index < -0.39 is 0 Å². The predicted octanol–water partition coefficient (Wildman–Crippen LogP) is 1.79. The largest absolute Gasteiger partial charge is 0.472 e. The SMILES string of the molecule is Cc1ccc(N2C[C@@H](C)Oc3ncnc(N)c3C2=O)cc1. The molecule has 1 aromatic heterocycles. The third-order valence-corrected chi connectivity index (χ3v) is 3.40. The lowest BCUT2D eigenvalue weighted by Crippen LogP contribution is -2.36. The van der Waals surface area contributed by atoms with Crippen molar-refractivity contribution in [2.24, 2.45) is 0 Å². The third-order valence-electron chi connectivity index (χ3n) is 3.40. The molecule has 1 aromatic carbocycles. The van der Waals surface area contributed by atoms with Gasteiger partial charge in [-0.25, -0.2) is 9.97 Å². The lowest BCUT2D eigenvalue weighted by atomic mass is 10.2. The van der Waals surface area contributed by atoms with Gasteiger partial charge in [-0.05, 0) is 26.0 Å². The second kappa shape index (κ2) is 5.05. The van der Waals surface area contributed by atoms with Gasteiger partial charge in [0.2, 0.25) is 5.88 Å². The number of carbonyl (C=O) groups is 1. The Kier molecular flexibility index (Phi) is 3.21. The Morgan fingerprint density at radius 2 is 2.00 bits per heavy atom. The van der Waals surface area contributed by atoms with Crippen LogP contribution in [0.4, 0.5) is 11.5 Å². The zero-order chi connectivity index (χ0) is 15.0. The van der Waals surface area contributed by atoms with Crippen LogP contribution < -0.4 is 15.4 Å². The Bertz CT molecular complexity index is 685. The van der Waals surface area contributed by atoms with E-state index in [1.54, 1.807) is 4.90 Å². The zero-order valence-electron chi connectivity index (χ0n) is 11.9. The molecular formula is C15H16N4O2. The number of hydrogen-bond donors (Lipinski definition) is 1. The minimum atomic E-state index is -0.240. The number of anilines is 2. The van der Waals surface area contributed by atoms with Crippen LogP contribution in [0.2, 0.25) is 0 Å². The number of rotatable bonds is 1. The summed E-state index contributed by atoms with van der Waals surface area (Å²) >= 11 is 0. The Morgan fingerprint density at radius 1 is 1.29 bits per heavy atom. The first-order valence-corrected chi connectivity index (χ1v) is 6.72. The molecule has 0 saturated heterocycles. The van der Waals surface area contributed by atoms with E-state index in [4.69, 9.17) is 10.5 Å². The number of nitrogens with two attached hydrogens (primary N) is 1. The molecule has 1 amide bonds. The van der Waals surface area contributed by atoms with Crippen molar-refractivity contribution in [2.75, 3.05) is 17.2 Å². The molecule has 0 spiro atoms. The number of aromatic nitrogens is 2. The molecule has 6 nitrogen and oxygen atoms in total. The van der Waals surface area contributed by atoms with Crippen LogP contribution in [0.25, 0.3) is 0 Å². The molecule has 0 aliphatic carbocycles. The number of nitrogens with zero attached hydrogens (tertiary/aromatic N) is 3. The van der Waals surface area contributed by atoms with Gasteiger partial charge in [0.15, 0.2) is 0 Å². The Labute approximate surface area is 122 Å². The Hall–Kier alpha value is -2.63. The number of fused-ring (bicyclic) bond motifs is 1. The molecule has 1 atom stereocenters. The van der Waals surface area contributed by atoms with Crippen LogP contribution in [0.1, 0.15) is 22.8 Å². The predicted molar refractivity (Wildman–Crippen MR) is 79.4 cm³/mol. The van der Waals surface area contributed by atoms with Gasteiger partial charge in [0.1, 0.15) is 23.8 Å². The molecule has 0 radical (unpaired) electrons. The average molecular weight is 284 g/mol. The highest BCUT2D eigenvalue weighted by atomic mass is 16.5. The number of hydrogen-bond acceptors (Lipinski definition) is 5. The van der Waals surface area contributed by atoms with E-state index in [9.17, 15) is 4.79 Å². The monoisotopic (exact) mass is 284 g/mol. The molecule has 0 unspecified atom stereocenters. The highest BCUT2D eigenvalue weighted by Gasteiger charge is 2.31. The zero-order valence-corrected chi connectivity index (χ0v) is 11.9. The second-order valence-electron chi connectivity index (χ2n) is 5.12. The molecular weight excluding hydrogens is 268 g/mol. The molecule has 108 valence electrons. The minimum absolute atomic E-state index is 0.135. The summed E-state index contributed by atoms with van der Waals surface area (Å²) in [6, 6.07) is 7.74. The summed E-state index contributed by atoms with van der Waals surface area (Å²) < 4.78 is 5.69. The smallest absolute Gasteiger partial charge is 0.267 e. The standard InChI is InChI=1S/C15H16N4O2/c1-9-3-5-11(6-4-9)19-7-10(2)21-14-12(15(19)20)13(16)17-8-18-14/h3-6,8,10H,7H2,1-2H3,(H2,16,17,18)/t10-/m1/s1. The van der Waals surface area contributed by atoms with Crippen molar-refractivity contribution in [3.63, 3.8) is 0 Å². The van der Waals surface area contributed by atoms with Crippen LogP contribution in [0.5, 0.6) is 5.88 Å². The molecule has 6 heteroatoms. The number of amides is 1. The van der Waals surface area contributed by atoms with Gasteiger partial charge in [-0.15, -0.1) is 0 Å². The van der Waals surface area contributed by atoms with Crippen molar-refractivity contribution in [2.45, 2.75) is 20.0 Å². The molecule has 0 bridgehead atoms. The number of ether oxygens (including phenoxy) is 1. The van der Waals surface area contributed by atoms with Crippen LogP contribution in [0.3, 0.4) is 0 Å². The summed E-state index contributed by atoms with van der Waals surface area (Å²) in [6.45, 7) is 4.32. The van der Waals surface area contributed by atoms with Gasteiger partial charge >= 0.3 is 0 Å². The molecule has 0 saturated carbocycles. The lowest BCUT2D eigenvalue weighted by Gasteiger charge is -2.22. The highest BCUT2D eigenvalue weighted by Crippen LogP contribution is 2.29. The fraction of sp³-hybridized carbons (Fsp3) is 0.267. The van der Waals surface area contributed by atoms with Crippen LogP contribution in [-0.4, -0.2) is 28.5 Å². The number of nitrogen functional groups attached to an aromatic ring is 1. The van der Waals surface area contributed by atoms with Crippen LogP contribution in [0.15, 0.2) is 30.6 Å². The van der Waals surface area contributed by atoms with Gasteiger partial charge in [0.25, 0.3) is 5.91 Å². The first-order chi connectivity index (χ1) is 10.1. The molecule has 2 aromatic rings. The number of aryl methyl sites for hydroxylation is 1. The van der Waals surface area contributed by atoms with Gasteiger partial charge in [0.05, 0.1) is 6.54 Å². The van der Waals surface area contributed by atoms with Gasteiger partial charge in [-0.3, -0.25) is 4.79 Å². The van der Waals surface area contributed by atoms with Gasteiger partial charge < -0.3 is 15.4 Å². The Balaban J connectivity index is 2.08. The fourth-order valence-electron chi connectivity index (χ4n) is 2.32. The third kappa shape index (κ3) is 2.40. The first-order valence-electron chi connectivity index (χ1n) is 6.72. The normalized spacial score (nSPS) is 17.9. The van der Waals surface area contributed by atoms with Crippen LogP contribution >= 0.6 is 0 Å². The Morgan fingerprint density at radius 3 is 2.71 bits per heavy atom. The van der Waals surface area contributed by atoms with Crippen molar-refractivity contribution in [3.05, 3.63) is 41.7 Å². The van der Waals surface area contributed by atoms with Crippen LogP contribution in [-0.2, 0) is 0 Å². The first kappa shape index (κ1) is 13.4. The summed E-state index contributed by atoms with van der Waals surface area (Å²) in [4.78, 5) is 22.3. The van der Waals surface area contributed by atoms with Gasteiger partial charge in [0, 0.05) is 5.69 Å². The highest BCUT2D eigenvalue weighted by molar-refractivity contribution is 6.10. The average Bonchev–Trinajstić information content (AvgIpc) is 2.57. The number of benzene rings is 1. The summed E-state index contributed by atoms with van der Waals surface area (Å²) in [5.41, 5.74) is 7.99. The number of carbonyl (C=O) groups excluding carboxylic acids is 1. The molecule has 1 aliphatic heterocycles. The lowest BCUT2D eigenvalue weighted by molar-refractivity contribution is 0.0988. The summed E-state index contributed by atoms with van der Waals surface area (Å²) in [6.07, 6.45) is 1.11. The summed E-state index contributed by atoms with van der Waals surface area (Å²) in [5, 5.41) is 0. The summed E-state index contributed by atoms with van der Waals surface area (Å²) in [5.74, 6) is 0.141. The van der Waals surface area contributed by atoms with Crippen molar-refractivity contribution in [3.8, 4) is 5.88 Å². The van der Waals surface area contributed by atoms with Gasteiger partial charge in [-0.1, -0.05) is 17.7 Å². The maximum atomic E-state index is 12.8. The second-order valence-corrected chi connectivity index (χ2v) is 5.12.